The number of hydrogen-bond acceptors (Lipinski definition) is 2. The van der Waals surface area contributed by atoms with Crippen LogP contribution in [0.1, 0.15) is 23.1 Å². The number of aryl methyl sites for hydroxylation is 2. The van der Waals surface area contributed by atoms with E-state index < -0.39 is 0 Å². The molecule has 1 aromatic rings. The molecule has 0 aromatic heterocycles. The number of carbonyl (C=O) groups excluding carboxylic acids is 1. The minimum Gasteiger partial charge on any atom is -0.507 e. The molecule has 13 heavy (non-hydrogen) atoms. The summed E-state index contributed by atoms with van der Waals surface area (Å²) >= 11 is 0. The van der Waals surface area contributed by atoms with Gasteiger partial charge < -0.3 is 9.90 Å². The summed E-state index contributed by atoms with van der Waals surface area (Å²) in [6, 6.07) is 3.85. The highest BCUT2D eigenvalue weighted by Gasteiger charge is 2.06. The van der Waals surface area contributed by atoms with Crippen molar-refractivity contribution in [1.29, 1.82) is 0 Å². The highest BCUT2D eigenvalue weighted by atomic mass is 16.3. The Labute approximate surface area is 78.2 Å². The van der Waals surface area contributed by atoms with Crippen LogP contribution >= 0.6 is 0 Å². The number of aldehydes is 1. The Morgan fingerprint density at radius 3 is 2.54 bits per heavy atom. The van der Waals surface area contributed by atoms with Crippen molar-refractivity contribution < 1.29 is 9.90 Å². The molecule has 70 valence electrons. The third-order valence-electron chi connectivity index (χ3n) is 2.23. The van der Waals surface area contributed by atoms with E-state index in [0.717, 1.165) is 23.0 Å². The number of phenols is 1. The molecule has 0 aliphatic carbocycles. The van der Waals surface area contributed by atoms with Crippen LogP contribution in [0.4, 0.5) is 0 Å². The minimum absolute atomic E-state index is 0.335. The van der Waals surface area contributed by atoms with Gasteiger partial charge in [0.15, 0.2) is 0 Å². The maximum absolute atomic E-state index is 10.2. The number of benzene rings is 1. The quantitative estimate of drug-likeness (QED) is 0.720. The molecule has 0 unspecified atom stereocenters. The van der Waals surface area contributed by atoms with Crippen molar-refractivity contribution in [2.24, 2.45) is 0 Å². The lowest BCUT2D eigenvalue weighted by Gasteiger charge is -2.08. The van der Waals surface area contributed by atoms with E-state index in [0.29, 0.717) is 18.6 Å². The third kappa shape index (κ3) is 2.08. The summed E-state index contributed by atoms with van der Waals surface area (Å²) in [5, 5.41) is 9.69. The van der Waals surface area contributed by atoms with Gasteiger partial charge in [-0.25, -0.2) is 0 Å². The van der Waals surface area contributed by atoms with Crippen LogP contribution in [-0.4, -0.2) is 11.4 Å². The molecule has 0 saturated heterocycles. The van der Waals surface area contributed by atoms with Crippen LogP contribution in [0.2, 0.25) is 0 Å². The standard InChI is InChI=1S/C11H14O2/c1-8-5-6-9(2)11(13)10(8)4-3-7-12/h5-7,13H,3-4H2,1-2H3. The Morgan fingerprint density at radius 1 is 1.31 bits per heavy atom. The first kappa shape index (κ1) is 9.78. The van der Waals surface area contributed by atoms with E-state index in [-0.39, 0.29) is 0 Å². The van der Waals surface area contributed by atoms with Gasteiger partial charge in [-0.05, 0) is 37.0 Å². The van der Waals surface area contributed by atoms with Crippen molar-refractivity contribution in [2.45, 2.75) is 26.7 Å². The molecule has 0 aliphatic rings. The summed E-state index contributed by atoms with van der Waals surface area (Å²) in [6.07, 6.45) is 1.97. The summed E-state index contributed by atoms with van der Waals surface area (Å²) in [7, 11) is 0. The van der Waals surface area contributed by atoms with E-state index in [2.05, 4.69) is 0 Å². The van der Waals surface area contributed by atoms with E-state index in [1.54, 1.807) is 0 Å². The summed E-state index contributed by atoms with van der Waals surface area (Å²) < 4.78 is 0. The lowest BCUT2D eigenvalue weighted by Crippen LogP contribution is -1.93. The predicted molar refractivity (Wildman–Crippen MR) is 52.0 cm³/mol. The molecule has 0 heterocycles. The van der Waals surface area contributed by atoms with Crippen LogP contribution in [0, 0.1) is 13.8 Å². The van der Waals surface area contributed by atoms with Gasteiger partial charge in [-0.15, -0.1) is 0 Å². The Hall–Kier alpha value is -1.31. The Bertz CT molecular complexity index is 316. The number of rotatable bonds is 3. The Kier molecular flexibility index (Phi) is 3.07. The van der Waals surface area contributed by atoms with Gasteiger partial charge in [0.1, 0.15) is 12.0 Å². The fourth-order valence-corrected chi connectivity index (χ4v) is 1.37. The average Bonchev–Trinajstić information content (AvgIpc) is 2.12. The number of hydrogen-bond donors (Lipinski definition) is 1. The molecule has 2 heteroatoms. The van der Waals surface area contributed by atoms with Crippen LogP contribution < -0.4 is 0 Å². The lowest BCUT2D eigenvalue weighted by molar-refractivity contribution is -0.107. The zero-order valence-electron chi connectivity index (χ0n) is 8.00. The number of carbonyl (C=O) groups is 1. The van der Waals surface area contributed by atoms with Crippen LogP contribution in [0.5, 0.6) is 5.75 Å². The molecule has 0 saturated carbocycles. The highest BCUT2D eigenvalue weighted by Crippen LogP contribution is 2.25. The molecule has 0 amide bonds. The molecule has 0 aliphatic heterocycles. The molecule has 1 N–H and O–H groups in total. The molecule has 1 rings (SSSR count). The van der Waals surface area contributed by atoms with Crippen LogP contribution in [-0.2, 0) is 11.2 Å². The summed E-state index contributed by atoms with van der Waals surface area (Å²) in [5.41, 5.74) is 2.81. The topological polar surface area (TPSA) is 37.3 Å². The minimum atomic E-state index is 0.335. The molecule has 0 fully saturated rings. The first-order chi connectivity index (χ1) is 6.16. The van der Waals surface area contributed by atoms with Gasteiger partial charge in [0, 0.05) is 6.42 Å². The molecular formula is C11H14O2. The summed E-state index contributed by atoms with van der Waals surface area (Å²) in [6.45, 7) is 3.80. The molecule has 1 aromatic carbocycles. The van der Waals surface area contributed by atoms with Gasteiger partial charge in [0.05, 0.1) is 0 Å². The largest absolute Gasteiger partial charge is 0.507 e. The first-order valence-electron chi connectivity index (χ1n) is 4.38. The lowest BCUT2D eigenvalue weighted by atomic mass is 10.00. The number of phenolic OH excluding ortho intramolecular Hbond substituents is 1. The van der Waals surface area contributed by atoms with Crippen molar-refractivity contribution in [1.82, 2.24) is 0 Å². The van der Waals surface area contributed by atoms with Gasteiger partial charge in [0.25, 0.3) is 0 Å². The van der Waals surface area contributed by atoms with E-state index in [1.807, 2.05) is 26.0 Å². The number of aromatic hydroxyl groups is 1. The van der Waals surface area contributed by atoms with E-state index in [4.69, 9.17) is 0 Å². The Balaban J connectivity index is 3.02. The van der Waals surface area contributed by atoms with E-state index >= 15 is 0 Å². The smallest absolute Gasteiger partial charge is 0.121 e. The molecule has 0 spiro atoms. The fourth-order valence-electron chi connectivity index (χ4n) is 1.37. The Morgan fingerprint density at radius 2 is 1.92 bits per heavy atom. The summed E-state index contributed by atoms with van der Waals surface area (Å²) in [4.78, 5) is 10.2. The second-order valence-corrected chi connectivity index (χ2v) is 3.23. The normalized spacial score (nSPS) is 10.0. The zero-order chi connectivity index (χ0) is 9.84. The van der Waals surface area contributed by atoms with Crippen molar-refractivity contribution >= 4 is 6.29 Å². The van der Waals surface area contributed by atoms with Gasteiger partial charge in [-0.2, -0.15) is 0 Å². The van der Waals surface area contributed by atoms with Crippen molar-refractivity contribution in [3.63, 3.8) is 0 Å². The SMILES string of the molecule is Cc1ccc(C)c(CCC=O)c1O. The van der Waals surface area contributed by atoms with Crippen LogP contribution in [0.15, 0.2) is 12.1 Å². The van der Waals surface area contributed by atoms with Crippen molar-refractivity contribution in [3.05, 3.63) is 28.8 Å². The predicted octanol–water partition coefficient (Wildman–Crippen LogP) is 2.14. The van der Waals surface area contributed by atoms with Gasteiger partial charge in [-0.1, -0.05) is 12.1 Å². The fraction of sp³-hybridized carbons (Fsp3) is 0.364. The van der Waals surface area contributed by atoms with Crippen LogP contribution in [0.25, 0.3) is 0 Å². The van der Waals surface area contributed by atoms with Crippen molar-refractivity contribution in [3.8, 4) is 5.75 Å². The van der Waals surface area contributed by atoms with Gasteiger partial charge in [0.2, 0.25) is 0 Å². The molecule has 0 atom stereocenters. The van der Waals surface area contributed by atoms with E-state index in [9.17, 15) is 9.90 Å². The third-order valence-corrected chi connectivity index (χ3v) is 2.23. The first-order valence-corrected chi connectivity index (χ1v) is 4.38. The maximum atomic E-state index is 10.2. The van der Waals surface area contributed by atoms with Gasteiger partial charge >= 0.3 is 0 Å². The average molecular weight is 178 g/mol. The molecular weight excluding hydrogens is 164 g/mol. The molecule has 0 radical (unpaired) electrons. The van der Waals surface area contributed by atoms with Gasteiger partial charge in [-0.3, -0.25) is 0 Å². The zero-order valence-corrected chi connectivity index (χ0v) is 8.00. The maximum Gasteiger partial charge on any atom is 0.121 e. The second-order valence-electron chi connectivity index (χ2n) is 3.23. The van der Waals surface area contributed by atoms with Crippen molar-refractivity contribution in [2.75, 3.05) is 0 Å². The van der Waals surface area contributed by atoms with E-state index in [1.165, 1.54) is 0 Å². The molecule has 2 nitrogen and oxygen atoms in total. The molecule has 0 bridgehead atoms. The summed E-state index contributed by atoms with van der Waals surface area (Å²) in [5.74, 6) is 0.335. The highest BCUT2D eigenvalue weighted by molar-refractivity contribution is 5.52. The second kappa shape index (κ2) is 4.08. The van der Waals surface area contributed by atoms with Crippen LogP contribution in [0.3, 0.4) is 0 Å². The monoisotopic (exact) mass is 178 g/mol.